The molecule has 7 nitrogen and oxygen atoms in total. The summed E-state index contributed by atoms with van der Waals surface area (Å²) in [4.78, 5) is 26.4. The molecule has 2 aliphatic heterocycles. The number of ether oxygens (including phenoxy) is 1. The second-order valence-electron chi connectivity index (χ2n) is 8.32. The molecule has 1 aromatic carbocycles. The van der Waals surface area contributed by atoms with Crippen molar-refractivity contribution in [1.29, 1.82) is 0 Å². The molecular weight excluding hydrogens is 426 g/mol. The van der Waals surface area contributed by atoms with Gasteiger partial charge in [-0.05, 0) is 44.2 Å². The van der Waals surface area contributed by atoms with E-state index in [1.807, 2.05) is 4.90 Å². The van der Waals surface area contributed by atoms with Crippen LogP contribution in [0.1, 0.15) is 42.1 Å². The molecule has 1 aliphatic carbocycles. The van der Waals surface area contributed by atoms with Crippen molar-refractivity contribution in [3.63, 3.8) is 0 Å². The summed E-state index contributed by atoms with van der Waals surface area (Å²) >= 11 is 0. The molecule has 0 spiro atoms. The third kappa shape index (κ3) is 3.94. The first kappa shape index (κ1) is 25.6. The average molecular weight is 455 g/mol. The molecule has 2 atom stereocenters. The number of methoxy groups -OCH3 is 1. The molecule has 0 bridgehead atoms. The number of anilines is 1. The van der Waals surface area contributed by atoms with Gasteiger partial charge in [0.25, 0.3) is 0 Å². The molecule has 3 fully saturated rings. The number of halogens is 3. The summed E-state index contributed by atoms with van der Waals surface area (Å²) in [7, 11) is 1.48. The first-order valence-electron chi connectivity index (χ1n) is 10.2. The van der Waals surface area contributed by atoms with Gasteiger partial charge in [0.1, 0.15) is 11.3 Å². The van der Waals surface area contributed by atoms with Gasteiger partial charge in [0, 0.05) is 31.4 Å². The largest absolute Gasteiger partial charge is 0.492 e. The fraction of sp³-hybridized carbons (Fsp3) is 0.524. The average Bonchev–Trinajstić information content (AvgIpc) is 3.45. The Kier molecular flexibility index (Phi) is 7.54. The molecule has 1 saturated carbocycles. The van der Waals surface area contributed by atoms with Crippen molar-refractivity contribution in [3.05, 3.63) is 33.9 Å². The minimum Gasteiger partial charge on any atom is -0.492 e. The number of aromatic nitrogens is 1. The number of piperidine rings is 1. The summed E-state index contributed by atoms with van der Waals surface area (Å²) in [5.41, 5.74) is -0.155. The minimum atomic E-state index is -1.30. The highest BCUT2D eigenvalue weighted by atomic mass is 19.1. The maximum Gasteiger partial charge on any atom is 0.341 e. The van der Waals surface area contributed by atoms with Gasteiger partial charge in [0.15, 0.2) is 11.6 Å². The molecule has 5 rings (SSSR count). The number of carboxylic acid groups (broad SMARTS) is 1. The first-order valence-corrected chi connectivity index (χ1v) is 10.2. The van der Waals surface area contributed by atoms with Gasteiger partial charge < -0.3 is 24.6 Å². The summed E-state index contributed by atoms with van der Waals surface area (Å²) < 4.78 is 22.8. The Morgan fingerprint density at radius 2 is 1.97 bits per heavy atom. The molecule has 3 heterocycles. The fourth-order valence-corrected chi connectivity index (χ4v) is 4.95. The van der Waals surface area contributed by atoms with Gasteiger partial charge in [0.05, 0.1) is 26.4 Å². The van der Waals surface area contributed by atoms with E-state index in [1.165, 1.54) is 19.4 Å². The van der Waals surface area contributed by atoms with Gasteiger partial charge in [-0.25, -0.2) is 9.18 Å². The molecule has 2 N–H and O–H groups in total. The topological polar surface area (TPSA) is 83.8 Å². The lowest BCUT2D eigenvalue weighted by Gasteiger charge is -2.25. The van der Waals surface area contributed by atoms with Crippen LogP contribution >= 0.6 is 0 Å². The van der Waals surface area contributed by atoms with Crippen LogP contribution in [-0.2, 0) is 0 Å². The number of fused-ring (bicyclic) bond motifs is 2. The van der Waals surface area contributed by atoms with E-state index < -0.39 is 17.2 Å². The summed E-state index contributed by atoms with van der Waals surface area (Å²) in [6, 6.07) is 1.62. The zero-order valence-corrected chi connectivity index (χ0v) is 17.1. The van der Waals surface area contributed by atoms with Crippen molar-refractivity contribution in [1.82, 2.24) is 9.88 Å². The highest BCUT2D eigenvalue weighted by molar-refractivity contribution is 5.97. The predicted octanol–water partition coefficient (Wildman–Crippen LogP) is 1.49. The molecule has 3 aliphatic rings. The van der Waals surface area contributed by atoms with E-state index in [2.05, 4.69) is 5.32 Å². The van der Waals surface area contributed by atoms with Crippen molar-refractivity contribution in [3.8, 4) is 5.75 Å². The van der Waals surface area contributed by atoms with E-state index in [9.17, 15) is 14.7 Å². The Labute approximate surface area is 184 Å². The maximum absolute atomic E-state index is 15.3. The lowest BCUT2D eigenvalue weighted by Crippen LogP contribution is -2.40. The molecule has 0 radical (unpaired) electrons. The summed E-state index contributed by atoms with van der Waals surface area (Å²) in [5, 5.41) is 13.0. The summed E-state index contributed by atoms with van der Waals surface area (Å²) in [6.07, 6.45) is 5.40. The van der Waals surface area contributed by atoms with Crippen LogP contribution in [0.3, 0.4) is 0 Å². The Morgan fingerprint density at radius 3 is 2.56 bits per heavy atom. The third-order valence-electron chi connectivity index (χ3n) is 6.49. The predicted molar refractivity (Wildman–Crippen MR) is 122 cm³/mol. The number of nitrogens with zero attached hydrogens (tertiary/aromatic N) is 2. The zero-order valence-electron chi connectivity index (χ0n) is 17.1. The number of carboxylic acids is 1. The van der Waals surface area contributed by atoms with E-state index in [4.69, 9.17) is 4.74 Å². The summed E-state index contributed by atoms with van der Waals surface area (Å²) in [5.74, 6) is -1.07. The summed E-state index contributed by atoms with van der Waals surface area (Å²) in [6.45, 7) is 2.40. The van der Waals surface area contributed by atoms with Crippen molar-refractivity contribution in [2.45, 2.75) is 37.8 Å². The first-order chi connectivity index (χ1) is 14.0. The molecule has 32 heavy (non-hydrogen) atoms. The monoisotopic (exact) mass is 455 g/mol. The van der Waals surface area contributed by atoms with E-state index in [0.29, 0.717) is 35.5 Å². The fourth-order valence-electron chi connectivity index (χ4n) is 4.95. The van der Waals surface area contributed by atoms with Crippen LogP contribution in [0.25, 0.3) is 10.9 Å². The Hall–Kier alpha value is -2.69. The van der Waals surface area contributed by atoms with Crippen molar-refractivity contribution < 1.29 is 28.4 Å². The lowest BCUT2D eigenvalue weighted by molar-refractivity contribution is 0.0694. The van der Waals surface area contributed by atoms with E-state index in [0.717, 1.165) is 38.8 Å². The van der Waals surface area contributed by atoms with Gasteiger partial charge in [-0.2, -0.15) is 0 Å². The maximum atomic E-state index is 15.3. The second-order valence-corrected chi connectivity index (χ2v) is 8.32. The van der Waals surface area contributed by atoms with Gasteiger partial charge >= 0.3 is 5.97 Å². The smallest absolute Gasteiger partial charge is 0.341 e. The second kappa shape index (κ2) is 9.44. The van der Waals surface area contributed by atoms with E-state index in [1.54, 1.807) is 4.57 Å². The highest BCUT2D eigenvalue weighted by Crippen LogP contribution is 2.45. The Morgan fingerprint density at radius 1 is 1.25 bits per heavy atom. The minimum absolute atomic E-state index is 0. The number of pyridine rings is 1. The highest BCUT2D eigenvalue weighted by Gasteiger charge is 2.38. The van der Waals surface area contributed by atoms with E-state index >= 15 is 4.39 Å². The zero-order chi connectivity index (χ0) is 20.3. The van der Waals surface area contributed by atoms with Crippen LogP contribution in [0.5, 0.6) is 5.75 Å². The van der Waals surface area contributed by atoms with Gasteiger partial charge in [-0.15, -0.1) is 0 Å². The number of benzene rings is 1. The molecule has 0 unspecified atom stereocenters. The van der Waals surface area contributed by atoms with Gasteiger partial charge in [-0.1, -0.05) is 0 Å². The van der Waals surface area contributed by atoms with Crippen LogP contribution in [0.2, 0.25) is 0 Å². The van der Waals surface area contributed by atoms with Crippen LogP contribution in [0.4, 0.5) is 19.5 Å². The van der Waals surface area contributed by atoms with Crippen LogP contribution < -0.4 is 20.4 Å². The molecule has 2 saturated heterocycles. The molecule has 0 amide bonds. The number of hydrogen-bond acceptors (Lipinski definition) is 5. The standard InChI is InChI=1S/C21H24FN3O4.BH3.2FH/c1-29-20-17-13(19(26)14(21(27)28)9-25(17)12-4-5-12)7-15(22)18(20)24-8-11-3-2-6-23-16(11)10-24;;;/h7,9,11-12,16,23H,2-6,8,10H2,1H3,(H,27,28);1H3;2*1H/t11-,16+;;;/m0.../s1. The Bertz CT molecular complexity index is 1060. The van der Waals surface area contributed by atoms with E-state index in [-0.39, 0.29) is 34.8 Å². The normalized spacial score (nSPS) is 21.8. The number of nitrogens with one attached hydrogen (secondary N) is 1. The molecule has 2 aromatic rings. The molecular formula is C21H29BF3N3O4. The van der Waals surface area contributed by atoms with Crippen molar-refractivity contribution >= 4 is 31.0 Å². The van der Waals surface area contributed by atoms with Crippen molar-refractivity contribution in [2.75, 3.05) is 31.6 Å². The SMILES string of the molecule is B.COc1c(N2C[C@@H]3CCCN[C@@H]3C2)c(F)cc2c(=O)c(C(=O)O)cn(C3CC3)c12.F.F. The van der Waals surface area contributed by atoms with Crippen molar-refractivity contribution in [2.24, 2.45) is 5.92 Å². The lowest BCUT2D eigenvalue weighted by atomic mass is 9.94. The quantitative estimate of drug-likeness (QED) is 0.681. The van der Waals surface area contributed by atoms with Gasteiger partial charge in [-0.3, -0.25) is 14.2 Å². The number of rotatable bonds is 4. The van der Waals surface area contributed by atoms with Crippen LogP contribution in [0, 0.1) is 11.7 Å². The molecule has 176 valence electrons. The molecule has 1 aromatic heterocycles. The third-order valence-corrected chi connectivity index (χ3v) is 6.49. The van der Waals surface area contributed by atoms with Crippen LogP contribution in [-0.4, -0.2) is 56.8 Å². The molecule has 11 heteroatoms. The number of aromatic carboxylic acids is 1. The van der Waals surface area contributed by atoms with Gasteiger partial charge in [0.2, 0.25) is 5.43 Å². The Balaban J connectivity index is 0.00000121. The number of hydrogen-bond donors (Lipinski definition) is 2. The van der Waals surface area contributed by atoms with Crippen LogP contribution in [0.15, 0.2) is 17.1 Å². The number of carbonyl (C=O) groups is 1.